The molecule has 1 aromatic rings. The maximum absolute atomic E-state index is 13.3. The Bertz CT molecular complexity index is 935. The summed E-state index contributed by atoms with van der Waals surface area (Å²) < 4.78 is 10.4. The summed E-state index contributed by atoms with van der Waals surface area (Å²) in [6.07, 6.45) is 3.21. The number of carbonyl (C=O) groups is 4. The van der Waals surface area contributed by atoms with Crippen LogP contribution in [0.15, 0.2) is 29.2 Å². The van der Waals surface area contributed by atoms with Crippen LogP contribution in [0.25, 0.3) is 0 Å². The summed E-state index contributed by atoms with van der Waals surface area (Å²) in [6, 6.07) is 5.75. The molecule has 1 heterocycles. The monoisotopic (exact) mass is 537 g/mol. The van der Waals surface area contributed by atoms with Gasteiger partial charge in [0.1, 0.15) is 18.2 Å². The molecule has 206 valence electrons. The Labute approximate surface area is 222 Å². The van der Waals surface area contributed by atoms with Gasteiger partial charge in [0.25, 0.3) is 0 Å². The number of alkyl carbamates (subject to hydrolysis) is 1. The minimum absolute atomic E-state index is 0.220. The lowest BCUT2D eigenvalue weighted by Gasteiger charge is -2.27. The van der Waals surface area contributed by atoms with E-state index in [1.54, 1.807) is 19.1 Å². The molecule has 1 aliphatic heterocycles. The third-order valence-corrected chi connectivity index (χ3v) is 6.64. The maximum atomic E-state index is 13.3. The molecule has 10 nitrogen and oxygen atoms in total. The maximum Gasteiger partial charge on any atom is 0.407 e. The van der Waals surface area contributed by atoms with Crippen LogP contribution in [-0.4, -0.2) is 72.2 Å². The molecule has 0 saturated heterocycles. The largest absolute Gasteiger partial charge is 0.480 e. The van der Waals surface area contributed by atoms with Crippen LogP contribution in [0.1, 0.15) is 59.8 Å². The van der Waals surface area contributed by atoms with Crippen molar-refractivity contribution in [3.63, 3.8) is 0 Å². The minimum Gasteiger partial charge on any atom is -0.480 e. The zero-order valence-corrected chi connectivity index (χ0v) is 22.9. The fourth-order valence-electron chi connectivity index (χ4n) is 3.86. The van der Waals surface area contributed by atoms with Gasteiger partial charge in [-0.05, 0) is 52.7 Å². The van der Waals surface area contributed by atoms with Gasteiger partial charge < -0.3 is 19.9 Å². The summed E-state index contributed by atoms with van der Waals surface area (Å²) in [5, 5.41) is 15.3. The fraction of sp³-hybridized carbons (Fsp3) is 0.615. The number of thioether (sulfide) groups is 1. The van der Waals surface area contributed by atoms with Gasteiger partial charge in [0.05, 0.1) is 18.3 Å². The SMILES string of the molecule is CCOC(=O)[C@@H](CCCCCCNC(=O)OC(C)(C)C)NC1CSc2ccccc2N(CC(=O)O)C1=O. The quantitative estimate of drug-likeness (QED) is 0.255. The summed E-state index contributed by atoms with van der Waals surface area (Å²) >= 11 is 1.45. The van der Waals surface area contributed by atoms with Crippen LogP contribution in [0.2, 0.25) is 0 Å². The van der Waals surface area contributed by atoms with Crippen LogP contribution in [0.5, 0.6) is 0 Å². The average Bonchev–Trinajstić information content (AvgIpc) is 2.93. The van der Waals surface area contributed by atoms with Gasteiger partial charge in [0, 0.05) is 17.2 Å². The van der Waals surface area contributed by atoms with Crippen molar-refractivity contribution in [1.82, 2.24) is 10.6 Å². The molecule has 1 unspecified atom stereocenters. The fourth-order valence-corrected chi connectivity index (χ4v) is 4.94. The smallest absolute Gasteiger partial charge is 0.407 e. The number of aliphatic carboxylic acids is 1. The molecule has 2 rings (SSSR count). The number of ether oxygens (including phenoxy) is 2. The Morgan fingerprint density at radius 2 is 1.86 bits per heavy atom. The van der Waals surface area contributed by atoms with Crippen molar-refractivity contribution in [3.8, 4) is 0 Å². The van der Waals surface area contributed by atoms with Gasteiger partial charge in [-0.2, -0.15) is 0 Å². The molecule has 0 spiro atoms. The van der Waals surface area contributed by atoms with E-state index in [1.165, 1.54) is 16.7 Å². The van der Waals surface area contributed by atoms with Crippen LogP contribution in [0.4, 0.5) is 10.5 Å². The number of carboxylic acids is 1. The number of anilines is 1. The van der Waals surface area contributed by atoms with Crippen molar-refractivity contribution >= 4 is 41.4 Å². The number of carboxylic acid groups (broad SMARTS) is 1. The summed E-state index contributed by atoms with van der Waals surface area (Å²) in [4.78, 5) is 51.3. The summed E-state index contributed by atoms with van der Waals surface area (Å²) in [5.74, 6) is -1.57. The summed E-state index contributed by atoms with van der Waals surface area (Å²) in [7, 11) is 0. The molecule has 3 N–H and O–H groups in total. The number of nitrogens with zero attached hydrogens (tertiary/aromatic N) is 1. The number of hydrogen-bond donors (Lipinski definition) is 3. The highest BCUT2D eigenvalue weighted by molar-refractivity contribution is 7.99. The van der Waals surface area contributed by atoms with Gasteiger partial charge in [-0.1, -0.05) is 31.4 Å². The van der Waals surface area contributed by atoms with Gasteiger partial charge in [0.15, 0.2) is 0 Å². The summed E-state index contributed by atoms with van der Waals surface area (Å²) in [6.45, 7) is 7.42. The van der Waals surface area contributed by atoms with E-state index in [2.05, 4.69) is 10.6 Å². The highest BCUT2D eigenvalue weighted by Gasteiger charge is 2.34. The van der Waals surface area contributed by atoms with E-state index in [4.69, 9.17) is 9.47 Å². The van der Waals surface area contributed by atoms with Gasteiger partial charge >= 0.3 is 18.0 Å². The Morgan fingerprint density at radius 1 is 1.16 bits per heavy atom. The first kappa shape index (κ1) is 30.4. The van der Waals surface area contributed by atoms with Crippen molar-refractivity contribution in [1.29, 1.82) is 0 Å². The zero-order chi connectivity index (χ0) is 27.4. The first-order valence-corrected chi connectivity index (χ1v) is 13.6. The number of benzene rings is 1. The molecule has 0 bridgehead atoms. The third kappa shape index (κ3) is 10.6. The first-order chi connectivity index (χ1) is 17.5. The predicted octanol–water partition coefficient (Wildman–Crippen LogP) is 3.58. The van der Waals surface area contributed by atoms with Gasteiger partial charge in [0.2, 0.25) is 5.91 Å². The molecule has 2 amide bonds. The highest BCUT2D eigenvalue weighted by Crippen LogP contribution is 2.34. The molecule has 0 aromatic heterocycles. The molecular formula is C26H39N3O7S. The molecule has 37 heavy (non-hydrogen) atoms. The van der Waals surface area contributed by atoms with Gasteiger partial charge in [-0.15, -0.1) is 11.8 Å². The van der Waals surface area contributed by atoms with Crippen LogP contribution >= 0.6 is 11.8 Å². The number of nitrogens with one attached hydrogen (secondary N) is 2. The lowest BCUT2D eigenvalue weighted by atomic mass is 10.1. The van der Waals surface area contributed by atoms with E-state index in [0.717, 1.165) is 30.6 Å². The lowest BCUT2D eigenvalue weighted by molar-refractivity contribution is -0.146. The molecule has 1 aliphatic rings. The molecule has 11 heteroatoms. The standard InChI is InChI=1S/C26H39N3O7S/c1-5-35-24(33)18(12-8-6-7-11-15-27-25(34)36-26(2,3)4)28-19-17-37-21-14-10-9-13-20(21)29(23(19)32)16-22(30)31/h9-10,13-14,18-19,28H,5-8,11-12,15-17H2,1-4H3,(H,27,34)(H,30,31)/t18-,19?/m1/s1. The molecule has 1 aromatic carbocycles. The van der Waals surface area contributed by atoms with Crippen LogP contribution in [0.3, 0.4) is 0 Å². The number of para-hydroxylation sites is 1. The van der Waals surface area contributed by atoms with E-state index in [1.807, 2.05) is 32.9 Å². The van der Waals surface area contributed by atoms with E-state index < -0.39 is 42.3 Å². The molecular weight excluding hydrogens is 498 g/mol. The van der Waals surface area contributed by atoms with Crippen molar-refractivity contribution in [2.75, 3.05) is 30.3 Å². The van der Waals surface area contributed by atoms with E-state index in [9.17, 15) is 24.3 Å². The lowest BCUT2D eigenvalue weighted by Crippen LogP contribution is -2.54. The van der Waals surface area contributed by atoms with Gasteiger partial charge in [-0.3, -0.25) is 24.6 Å². The number of amides is 2. The van der Waals surface area contributed by atoms with Crippen LogP contribution in [0, 0.1) is 0 Å². The highest BCUT2D eigenvalue weighted by atomic mass is 32.2. The van der Waals surface area contributed by atoms with Crippen molar-refractivity contribution in [2.45, 2.75) is 82.4 Å². The molecule has 0 aliphatic carbocycles. The number of esters is 1. The topological polar surface area (TPSA) is 134 Å². The first-order valence-electron chi connectivity index (χ1n) is 12.7. The van der Waals surface area contributed by atoms with Crippen LogP contribution < -0.4 is 15.5 Å². The van der Waals surface area contributed by atoms with Crippen LogP contribution in [-0.2, 0) is 23.9 Å². The minimum atomic E-state index is -1.11. The van der Waals surface area contributed by atoms with E-state index >= 15 is 0 Å². The summed E-state index contributed by atoms with van der Waals surface area (Å²) in [5.41, 5.74) is 0.0148. The van der Waals surface area contributed by atoms with Crippen molar-refractivity contribution < 1.29 is 33.8 Å². The van der Waals surface area contributed by atoms with Crippen molar-refractivity contribution in [2.24, 2.45) is 0 Å². The zero-order valence-electron chi connectivity index (χ0n) is 22.1. The predicted molar refractivity (Wildman–Crippen MR) is 142 cm³/mol. The molecule has 0 saturated carbocycles. The molecule has 2 atom stereocenters. The number of carbonyl (C=O) groups excluding carboxylic acids is 3. The number of unbranched alkanes of at least 4 members (excludes halogenated alkanes) is 3. The third-order valence-electron chi connectivity index (χ3n) is 5.48. The van der Waals surface area contributed by atoms with E-state index in [0.29, 0.717) is 24.4 Å². The Balaban J connectivity index is 1.92. The Hall–Kier alpha value is -2.79. The number of fused-ring (bicyclic) bond motifs is 1. The van der Waals surface area contributed by atoms with Gasteiger partial charge in [-0.25, -0.2) is 4.79 Å². The second kappa shape index (κ2) is 14.8. The number of hydrogen-bond acceptors (Lipinski definition) is 8. The molecule has 0 fully saturated rings. The normalized spacial score (nSPS) is 16.4. The second-order valence-corrected chi connectivity index (χ2v) is 10.8. The average molecular weight is 538 g/mol. The number of rotatable bonds is 13. The van der Waals surface area contributed by atoms with Crippen molar-refractivity contribution in [3.05, 3.63) is 24.3 Å². The van der Waals surface area contributed by atoms with E-state index in [-0.39, 0.29) is 12.5 Å². The second-order valence-electron chi connectivity index (χ2n) is 9.75. The molecule has 0 radical (unpaired) electrons. The Morgan fingerprint density at radius 3 is 2.54 bits per heavy atom. The Kier molecular flexibility index (Phi) is 12.2.